The van der Waals surface area contributed by atoms with Gasteiger partial charge in [0.05, 0.1) is 10.6 Å². The summed E-state index contributed by atoms with van der Waals surface area (Å²) in [6, 6.07) is 35.3. The number of nitrogens with zero attached hydrogens (tertiary/aromatic N) is 2. The molecule has 37 heavy (non-hydrogen) atoms. The molecule has 0 aliphatic carbocycles. The molecule has 2 unspecified atom stereocenters. The molecule has 5 aromatic rings. The number of piperidine rings is 1. The number of hydrogen-bond acceptors (Lipinski definition) is 3. The second kappa shape index (κ2) is 11.8. The molecule has 2 atom stereocenters. The first-order chi connectivity index (χ1) is 18.1. The Morgan fingerprint density at radius 1 is 0.757 bits per heavy atom. The van der Waals surface area contributed by atoms with Crippen LogP contribution in [0, 0.1) is 0 Å². The molecule has 0 bridgehead atoms. The number of aromatic nitrogens is 1. The average molecular weight is 509 g/mol. The predicted octanol–water partition coefficient (Wildman–Crippen LogP) is 9.23. The summed E-state index contributed by atoms with van der Waals surface area (Å²) in [6.45, 7) is 5.52. The zero-order valence-electron chi connectivity index (χ0n) is 21.4. The maximum atomic E-state index is 13.9. The average Bonchev–Trinajstić information content (AvgIpc) is 3.35. The monoisotopic (exact) mass is 508 g/mol. The van der Waals surface area contributed by atoms with Crippen LogP contribution in [0.25, 0.3) is 20.7 Å². The fourth-order valence-electron chi connectivity index (χ4n) is 5.30. The molecule has 0 radical (unpaired) electrons. The Balaban J connectivity index is 0.000000152. The van der Waals surface area contributed by atoms with Crippen LogP contribution in [-0.4, -0.2) is 23.2 Å². The third kappa shape index (κ3) is 5.98. The molecule has 0 spiro atoms. The van der Waals surface area contributed by atoms with E-state index in [0.717, 1.165) is 17.2 Å². The van der Waals surface area contributed by atoms with Crippen LogP contribution in [0.4, 0.5) is 4.48 Å². The van der Waals surface area contributed by atoms with Crippen molar-refractivity contribution < 1.29 is 4.48 Å². The van der Waals surface area contributed by atoms with Crippen LogP contribution in [0.5, 0.6) is 0 Å². The van der Waals surface area contributed by atoms with E-state index in [1.165, 1.54) is 31.7 Å². The molecule has 0 saturated carbocycles. The molecule has 1 fully saturated rings. The topological polar surface area (TPSA) is 16.1 Å². The highest BCUT2D eigenvalue weighted by atomic mass is 32.1. The van der Waals surface area contributed by atoms with E-state index < -0.39 is 0 Å². The van der Waals surface area contributed by atoms with Gasteiger partial charge in [0.25, 0.3) is 0 Å². The molecule has 1 aliphatic rings. The first-order valence-corrected chi connectivity index (χ1v) is 13.8. The number of halogens is 1. The van der Waals surface area contributed by atoms with Crippen molar-refractivity contribution in [3.05, 3.63) is 126 Å². The van der Waals surface area contributed by atoms with E-state index in [-0.39, 0.29) is 11.8 Å². The van der Waals surface area contributed by atoms with Gasteiger partial charge in [0.2, 0.25) is 0 Å². The normalized spacial score (nSPS) is 17.9. The second-order valence-corrected chi connectivity index (χ2v) is 11.0. The van der Waals surface area contributed by atoms with Crippen LogP contribution in [0.3, 0.4) is 0 Å². The molecule has 3 heterocycles. The standard InChI is InChI=1S/C17H18FN.C16H15NS/c18-19-12-16(14-7-3-1-4-8-14)11-17(13-19)15-9-5-2-6-10-15;1-11(2)15-12-7-3-4-9-14(12)18-16(15)13-8-5-6-10-17-13/h1-10,16-17H,11-13H2;3-11H,1-2H3. The van der Waals surface area contributed by atoms with Gasteiger partial charge in [-0.05, 0) is 64.5 Å². The number of thiophene rings is 1. The zero-order valence-corrected chi connectivity index (χ0v) is 22.2. The molecule has 2 aromatic heterocycles. The lowest BCUT2D eigenvalue weighted by Gasteiger charge is -2.33. The van der Waals surface area contributed by atoms with E-state index in [1.54, 1.807) is 0 Å². The van der Waals surface area contributed by atoms with Crippen molar-refractivity contribution in [2.24, 2.45) is 0 Å². The van der Waals surface area contributed by atoms with Gasteiger partial charge in [-0.25, -0.2) is 0 Å². The van der Waals surface area contributed by atoms with E-state index in [4.69, 9.17) is 0 Å². The van der Waals surface area contributed by atoms with Gasteiger partial charge in [-0.2, -0.15) is 0 Å². The minimum absolute atomic E-state index is 0.283. The minimum Gasteiger partial charge on any atom is -0.255 e. The molecule has 6 rings (SSSR count). The van der Waals surface area contributed by atoms with Crippen LogP contribution in [0.2, 0.25) is 0 Å². The molecule has 1 aliphatic heterocycles. The predicted molar refractivity (Wildman–Crippen MR) is 155 cm³/mol. The Bertz CT molecular complexity index is 1350. The molecule has 0 N–H and O–H groups in total. The number of fused-ring (bicyclic) bond motifs is 1. The number of pyridine rings is 1. The smallest absolute Gasteiger partial charge is 0.0805 e. The van der Waals surface area contributed by atoms with Crippen LogP contribution in [0.15, 0.2) is 109 Å². The molecule has 4 heteroatoms. The number of hydrogen-bond donors (Lipinski definition) is 0. The van der Waals surface area contributed by atoms with Crippen LogP contribution in [0.1, 0.15) is 54.7 Å². The Kier molecular flexibility index (Phi) is 8.08. The lowest BCUT2D eigenvalue weighted by Crippen LogP contribution is -2.33. The van der Waals surface area contributed by atoms with Crippen LogP contribution < -0.4 is 0 Å². The highest BCUT2D eigenvalue weighted by Gasteiger charge is 2.29. The highest BCUT2D eigenvalue weighted by molar-refractivity contribution is 7.22. The van der Waals surface area contributed by atoms with Gasteiger partial charge in [0.15, 0.2) is 0 Å². The summed E-state index contributed by atoms with van der Waals surface area (Å²) >= 11 is 1.84. The van der Waals surface area contributed by atoms with Gasteiger partial charge in [-0.1, -0.05) is 98.8 Å². The van der Waals surface area contributed by atoms with Gasteiger partial charge in [-0.15, -0.1) is 20.9 Å². The summed E-state index contributed by atoms with van der Waals surface area (Å²) in [4.78, 5) is 5.81. The molecular weight excluding hydrogens is 475 g/mol. The van der Waals surface area contributed by atoms with E-state index in [1.807, 2.05) is 60.0 Å². The van der Waals surface area contributed by atoms with E-state index >= 15 is 0 Å². The minimum atomic E-state index is 0.283. The van der Waals surface area contributed by atoms with E-state index in [0.29, 0.717) is 19.0 Å². The summed E-state index contributed by atoms with van der Waals surface area (Å²) in [5.41, 5.74) is 4.99. The largest absolute Gasteiger partial charge is 0.255 e. The van der Waals surface area contributed by atoms with Gasteiger partial charge < -0.3 is 0 Å². The first kappa shape index (κ1) is 25.3. The van der Waals surface area contributed by atoms with Gasteiger partial charge in [0, 0.05) is 24.0 Å². The summed E-state index contributed by atoms with van der Waals surface area (Å²) < 4.78 is 15.2. The van der Waals surface area contributed by atoms with E-state index in [9.17, 15) is 4.48 Å². The second-order valence-electron chi connectivity index (χ2n) is 9.99. The van der Waals surface area contributed by atoms with E-state index in [2.05, 4.69) is 79.5 Å². The van der Waals surface area contributed by atoms with Crippen molar-refractivity contribution in [3.8, 4) is 10.6 Å². The highest BCUT2D eigenvalue weighted by Crippen LogP contribution is 2.41. The van der Waals surface area contributed by atoms with Crippen molar-refractivity contribution in [2.75, 3.05) is 13.1 Å². The molecule has 0 amide bonds. The summed E-state index contributed by atoms with van der Waals surface area (Å²) in [7, 11) is 0. The Morgan fingerprint density at radius 3 is 1.89 bits per heavy atom. The van der Waals surface area contributed by atoms with Crippen molar-refractivity contribution >= 4 is 21.4 Å². The zero-order chi connectivity index (χ0) is 25.6. The summed E-state index contributed by atoms with van der Waals surface area (Å²) in [5.74, 6) is 1.08. The van der Waals surface area contributed by atoms with Gasteiger partial charge in [-0.3, -0.25) is 4.98 Å². The van der Waals surface area contributed by atoms with Crippen LogP contribution >= 0.6 is 11.3 Å². The number of rotatable bonds is 4. The summed E-state index contributed by atoms with van der Waals surface area (Å²) in [5, 5.41) is 2.34. The van der Waals surface area contributed by atoms with Crippen molar-refractivity contribution in [2.45, 2.75) is 38.0 Å². The molecule has 3 aromatic carbocycles. The molecular formula is C33H33FN2S. The Labute approximate surface area is 223 Å². The maximum absolute atomic E-state index is 13.9. The lowest BCUT2D eigenvalue weighted by atomic mass is 9.82. The van der Waals surface area contributed by atoms with Gasteiger partial charge >= 0.3 is 0 Å². The quantitative estimate of drug-likeness (QED) is 0.225. The number of benzene rings is 3. The maximum Gasteiger partial charge on any atom is 0.0805 e. The van der Waals surface area contributed by atoms with Crippen molar-refractivity contribution in [1.82, 2.24) is 10.1 Å². The van der Waals surface area contributed by atoms with Crippen molar-refractivity contribution in [1.29, 1.82) is 0 Å². The fraction of sp³-hybridized carbons (Fsp3) is 0.242. The SMILES string of the molecule is CC(C)c1c(-c2ccccn2)sc2ccccc12.FN1CC(c2ccccc2)CC(c2ccccc2)C1. The van der Waals surface area contributed by atoms with Gasteiger partial charge in [0.1, 0.15) is 0 Å². The lowest BCUT2D eigenvalue weighted by molar-refractivity contribution is -0.0110. The first-order valence-electron chi connectivity index (χ1n) is 13.0. The molecule has 2 nitrogen and oxygen atoms in total. The Morgan fingerprint density at radius 2 is 1.32 bits per heavy atom. The van der Waals surface area contributed by atoms with Crippen molar-refractivity contribution in [3.63, 3.8) is 0 Å². The summed E-state index contributed by atoms with van der Waals surface area (Å²) in [6.07, 6.45) is 2.89. The third-order valence-electron chi connectivity index (χ3n) is 7.06. The third-order valence-corrected chi connectivity index (χ3v) is 8.27. The van der Waals surface area contributed by atoms with Crippen LogP contribution in [-0.2, 0) is 0 Å². The molecule has 188 valence electrons. The fourth-order valence-corrected chi connectivity index (χ4v) is 6.64. The molecule has 1 saturated heterocycles. The Hall–Kier alpha value is -3.34.